The number of ether oxygens (including phenoxy) is 1. The van der Waals surface area contributed by atoms with Crippen LogP contribution in [0.25, 0.3) is 0 Å². The van der Waals surface area contributed by atoms with E-state index in [1.807, 2.05) is 0 Å². The lowest BCUT2D eigenvalue weighted by molar-refractivity contribution is 0.0989. The summed E-state index contributed by atoms with van der Waals surface area (Å²) in [6.07, 6.45) is 1.10. The lowest BCUT2D eigenvalue weighted by Gasteiger charge is -2.06. The molecule has 0 atom stereocenters. The summed E-state index contributed by atoms with van der Waals surface area (Å²) in [5.74, 6) is -0.774. The summed E-state index contributed by atoms with van der Waals surface area (Å²) in [5, 5.41) is 2.57. The van der Waals surface area contributed by atoms with Crippen molar-refractivity contribution in [1.29, 1.82) is 0 Å². The summed E-state index contributed by atoms with van der Waals surface area (Å²) in [5.41, 5.74) is 0.482. The van der Waals surface area contributed by atoms with E-state index in [0.717, 1.165) is 12.3 Å². The molecule has 0 bridgehead atoms. The molecule has 0 fully saturated rings. The first kappa shape index (κ1) is 15.5. The van der Waals surface area contributed by atoms with Gasteiger partial charge >= 0.3 is 0 Å². The zero-order valence-electron chi connectivity index (χ0n) is 12.2. The average Bonchev–Trinajstić information content (AvgIpc) is 2.49. The van der Waals surface area contributed by atoms with Crippen molar-refractivity contribution in [3.8, 4) is 5.75 Å². The summed E-state index contributed by atoms with van der Waals surface area (Å²) < 4.78 is 10.2. The Kier molecular flexibility index (Phi) is 4.73. The maximum Gasteiger partial charge on any atom is 0.291 e. The molecule has 6 nitrogen and oxygen atoms in total. The van der Waals surface area contributed by atoms with Crippen molar-refractivity contribution in [2.75, 3.05) is 11.9 Å². The minimum absolute atomic E-state index is 0.0534. The standard InChI is InChI=1S/C16H15NO5/c1-3-21-15-9-22-14(8-13(15)19)16(20)17-12-6-4-5-11(7-12)10(2)18/h4-9H,3H2,1-2H3,(H,17,20). The van der Waals surface area contributed by atoms with Gasteiger partial charge in [-0.1, -0.05) is 12.1 Å². The second-order valence-electron chi connectivity index (χ2n) is 4.50. The van der Waals surface area contributed by atoms with Crippen molar-refractivity contribution in [3.05, 3.63) is 58.1 Å². The zero-order valence-corrected chi connectivity index (χ0v) is 12.2. The van der Waals surface area contributed by atoms with Crippen LogP contribution in [0, 0.1) is 0 Å². The molecule has 0 spiro atoms. The fourth-order valence-electron chi connectivity index (χ4n) is 1.79. The van der Waals surface area contributed by atoms with Gasteiger partial charge in [0.15, 0.2) is 11.5 Å². The highest BCUT2D eigenvalue weighted by Gasteiger charge is 2.12. The van der Waals surface area contributed by atoms with Crippen LogP contribution >= 0.6 is 0 Å². The SMILES string of the molecule is CCOc1coc(C(=O)Nc2cccc(C(C)=O)c2)cc1=O. The zero-order chi connectivity index (χ0) is 16.1. The molecule has 0 unspecified atom stereocenters. The lowest BCUT2D eigenvalue weighted by atomic mass is 10.1. The Bertz CT molecular complexity index is 763. The Labute approximate surface area is 126 Å². The molecule has 0 saturated carbocycles. The molecule has 0 aliphatic rings. The molecule has 1 aromatic carbocycles. The van der Waals surface area contributed by atoms with Gasteiger partial charge in [-0.25, -0.2) is 0 Å². The van der Waals surface area contributed by atoms with Crippen LogP contribution in [0.1, 0.15) is 34.8 Å². The minimum Gasteiger partial charge on any atom is -0.487 e. The van der Waals surface area contributed by atoms with Gasteiger partial charge in [-0.15, -0.1) is 0 Å². The number of benzene rings is 1. The number of nitrogens with one attached hydrogen (secondary N) is 1. The van der Waals surface area contributed by atoms with E-state index in [0.29, 0.717) is 17.9 Å². The van der Waals surface area contributed by atoms with E-state index >= 15 is 0 Å². The van der Waals surface area contributed by atoms with Crippen molar-refractivity contribution in [1.82, 2.24) is 0 Å². The topological polar surface area (TPSA) is 85.6 Å². The fraction of sp³-hybridized carbons (Fsp3) is 0.188. The van der Waals surface area contributed by atoms with Crippen molar-refractivity contribution >= 4 is 17.4 Å². The van der Waals surface area contributed by atoms with Crippen LogP contribution in [0.5, 0.6) is 5.75 Å². The van der Waals surface area contributed by atoms with Crippen molar-refractivity contribution in [2.45, 2.75) is 13.8 Å². The summed E-state index contributed by atoms with van der Waals surface area (Å²) in [6, 6.07) is 7.55. The Balaban J connectivity index is 2.19. The molecule has 0 aliphatic heterocycles. The predicted molar refractivity (Wildman–Crippen MR) is 80.5 cm³/mol. The predicted octanol–water partition coefficient (Wildman–Crippen LogP) is 2.49. The maximum atomic E-state index is 12.0. The fourth-order valence-corrected chi connectivity index (χ4v) is 1.79. The molecule has 0 radical (unpaired) electrons. The highest BCUT2D eigenvalue weighted by atomic mass is 16.5. The normalized spacial score (nSPS) is 10.1. The largest absolute Gasteiger partial charge is 0.487 e. The Morgan fingerprint density at radius 3 is 2.68 bits per heavy atom. The van der Waals surface area contributed by atoms with Crippen LogP contribution in [-0.4, -0.2) is 18.3 Å². The van der Waals surface area contributed by atoms with Gasteiger partial charge in [0.2, 0.25) is 11.2 Å². The van der Waals surface area contributed by atoms with Crippen LogP contribution in [0.4, 0.5) is 5.69 Å². The molecule has 1 aromatic heterocycles. The van der Waals surface area contributed by atoms with E-state index in [1.165, 1.54) is 6.92 Å². The monoisotopic (exact) mass is 301 g/mol. The van der Waals surface area contributed by atoms with Crippen molar-refractivity contribution in [2.24, 2.45) is 0 Å². The third-order valence-electron chi connectivity index (χ3n) is 2.85. The lowest BCUT2D eigenvalue weighted by Crippen LogP contribution is -2.16. The molecule has 1 heterocycles. The summed E-state index contributed by atoms with van der Waals surface area (Å²) in [6.45, 7) is 3.50. The molecular formula is C16H15NO5. The molecular weight excluding hydrogens is 286 g/mol. The molecule has 1 N–H and O–H groups in total. The van der Waals surface area contributed by atoms with Gasteiger partial charge in [-0.2, -0.15) is 0 Å². The number of hydrogen-bond acceptors (Lipinski definition) is 5. The number of anilines is 1. The second-order valence-corrected chi connectivity index (χ2v) is 4.50. The quantitative estimate of drug-likeness (QED) is 0.857. The minimum atomic E-state index is -0.583. The van der Waals surface area contributed by atoms with E-state index in [-0.39, 0.29) is 17.3 Å². The van der Waals surface area contributed by atoms with Crippen LogP contribution < -0.4 is 15.5 Å². The number of hydrogen-bond donors (Lipinski definition) is 1. The Morgan fingerprint density at radius 2 is 2.05 bits per heavy atom. The summed E-state index contributed by atoms with van der Waals surface area (Å²) in [7, 11) is 0. The number of rotatable bonds is 5. The van der Waals surface area contributed by atoms with Gasteiger partial charge in [-0.3, -0.25) is 14.4 Å². The van der Waals surface area contributed by atoms with Crippen molar-refractivity contribution < 1.29 is 18.7 Å². The van der Waals surface area contributed by atoms with Gasteiger partial charge < -0.3 is 14.5 Å². The van der Waals surface area contributed by atoms with E-state index in [2.05, 4.69) is 5.32 Å². The highest BCUT2D eigenvalue weighted by molar-refractivity contribution is 6.03. The third kappa shape index (κ3) is 3.60. The van der Waals surface area contributed by atoms with Gasteiger partial charge in [0.1, 0.15) is 6.26 Å². The second kappa shape index (κ2) is 6.71. The number of Topliss-reactive ketones (excluding diaryl/α,β-unsaturated/α-hetero) is 1. The maximum absolute atomic E-state index is 12.0. The molecule has 2 aromatic rings. The Morgan fingerprint density at radius 1 is 1.27 bits per heavy atom. The smallest absolute Gasteiger partial charge is 0.291 e. The molecule has 1 amide bonds. The number of carbonyl (C=O) groups excluding carboxylic acids is 2. The molecule has 0 aliphatic carbocycles. The van der Waals surface area contributed by atoms with Gasteiger partial charge in [0.05, 0.1) is 6.61 Å². The number of ketones is 1. The first-order valence-corrected chi connectivity index (χ1v) is 6.69. The average molecular weight is 301 g/mol. The summed E-state index contributed by atoms with van der Waals surface area (Å²) in [4.78, 5) is 35.1. The van der Waals surface area contributed by atoms with Crippen LogP contribution in [0.2, 0.25) is 0 Å². The Hall–Kier alpha value is -2.89. The summed E-state index contributed by atoms with van der Waals surface area (Å²) >= 11 is 0. The van der Waals surface area contributed by atoms with E-state index < -0.39 is 11.3 Å². The highest BCUT2D eigenvalue weighted by Crippen LogP contribution is 2.13. The van der Waals surface area contributed by atoms with E-state index in [4.69, 9.17) is 9.15 Å². The first-order chi connectivity index (χ1) is 10.5. The van der Waals surface area contributed by atoms with Crippen LogP contribution in [0.15, 0.2) is 45.8 Å². The van der Waals surface area contributed by atoms with Gasteiger partial charge in [0.25, 0.3) is 5.91 Å². The number of carbonyl (C=O) groups is 2. The van der Waals surface area contributed by atoms with E-state index in [9.17, 15) is 14.4 Å². The van der Waals surface area contributed by atoms with Crippen LogP contribution in [0.3, 0.4) is 0 Å². The first-order valence-electron chi connectivity index (χ1n) is 6.69. The third-order valence-corrected chi connectivity index (χ3v) is 2.85. The molecule has 2 rings (SSSR count). The van der Waals surface area contributed by atoms with Gasteiger partial charge in [0, 0.05) is 17.3 Å². The molecule has 6 heteroatoms. The molecule has 22 heavy (non-hydrogen) atoms. The number of amides is 1. The molecule has 114 valence electrons. The van der Waals surface area contributed by atoms with E-state index in [1.54, 1.807) is 31.2 Å². The van der Waals surface area contributed by atoms with Crippen molar-refractivity contribution in [3.63, 3.8) is 0 Å². The van der Waals surface area contributed by atoms with Gasteiger partial charge in [-0.05, 0) is 26.0 Å². The van der Waals surface area contributed by atoms with Crippen LogP contribution in [-0.2, 0) is 0 Å². The molecule has 0 saturated heterocycles.